The van der Waals surface area contributed by atoms with E-state index < -0.39 is 5.60 Å². The molecule has 1 atom stereocenters. The van der Waals surface area contributed by atoms with E-state index in [0.29, 0.717) is 23.7 Å². The lowest BCUT2D eigenvalue weighted by atomic mass is 9.73. The molecule has 3 rings (SSSR count). The van der Waals surface area contributed by atoms with Gasteiger partial charge in [-0.05, 0) is 54.8 Å². The first-order chi connectivity index (χ1) is 13.9. The molecule has 1 aromatic heterocycles. The van der Waals surface area contributed by atoms with Gasteiger partial charge < -0.3 is 9.84 Å². The molecule has 3 aromatic rings. The van der Waals surface area contributed by atoms with Crippen LogP contribution in [0, 0.1) is 0 Å². The Morgan fingerprint density at radius 2 is 1.72 bits per heavy atom. The summed E-state index contributed by atoms with van der Waals surface area (Å²) in [5.74, 6) is 0.274. The molecule has 3 nitrogen and oxygen atoms in total. The van der Waals surface area contributed by atoms with Crippen LogP contribution >= 0.6 is 27.5 Å². The van der Waals surface area contributed by atoms with Crippen molar-refractivity contribution in [2.75, 3.05) is 7.11 Å². The van der Waals surface area contributed by atoms with Crippen molar-refractivity contribution in [2.45, 2.75) is 51.0 Å². The summed E-state index contributed by atoms with van der Waals surface area (Å²) >= 11 is 9.70. The number of aromatic nitrogens is 1. The van der Waals surface area contributed by atoms with E-state index in [9.17, 15) is 5.11 Å². The largest absolute Gasteiger partial charge is 0.481 e. The number of ether oxygens (including phenoxy) is 1. The van der Waals surface area contributed by atoms with Gasteiger partial charge >= 0.3 is 0 Å². The van der Waals surface area contributed by atoms with Crippen LogP contribution in [-0.4, -0.2) is 22.8 Å². The lowest BCUT2D eigenvalue weighted by Crippen LogP contribution is -2.37. The van der Waals surface area contributed by atoms with E-state index in [1.807, 2.05) is 42.5 Å². The molecule has 0 amide bonds. The van der Waals surface area contributed by atoms with Crippen molar-refractivity contribution >= 4 is 38.4 Å². The van der Waals surface area contributed by atoms with Crippen LogP contribution in [-0.2, 0) is 0 Å². The van der Waals surface area contributed by atoms with E-state index in [4.69, 9.17) is 21.3 Å². The predicted octanol–water partition coefficient (Wildman–Crippen LogP) is 7.12. The lowest BCUT2D eigenvalue weighted by molar-refractivity contribution is 0.00456. The second-order valence-electron chi connectivity index (χ2n) is 7.51. The number of aliphatic hydroxyl groups is 1. The first kappa shape index (κ1) is 22.1. The normalized spacial score (nSPS) is 12.9. The first-order valence-corrected chi connectivity index (χ1v) is 11.2. The first-order valence-electron chi connectivity index (χ1n) is 10.0. The Labute approximate surface area is 186 Å². The molecule has 0 aliphatic heterocycles. The number of benzene rings is 2. The fraction of sp³-hybridized carbons (Fsp3) is 0.375. The van der Waals surface area contributed by atoms with Crippen LogP contribution in [0.5, 0.6) is 5.88 Å². The third-order valence-corrected chi connectivity index (χ3v) is 6.13. The number of methoxy groups -OCH3 is 1. The van der Waals surface area contributed by atoms with Gasteiger partial charge in [0.15, 0.2) is 0 Å². The molecule has 0 saturated heterocycles. The fourth-order valence-corrected chi connectivity index (χ4v) is 4.74. The highest BCUT2D eigenvalue weighted by molar-refractivity contribution is 9.10. The van der Waals surface area contributed by atoms with E-state index in [1.165, 1.54) is 0 Å². The summed E-state index contributed by atoms with van der Waals surface area (Å²) < 4.78 is 6.69. The number of fused-ring (bicyclic) bond motifs is 1. The summed E-state index contributed by atoms with van der Waals surface area (Å²) in [7, 11) is 1.63. The van der Waals surface area contributed by atoms with Crippen LogP contribution in [0.2, 0.25) is 5.02 Å². The zero-order valence-electron chi connectivity index (χ0n) is 17.1. The monoisotopic (exact) mass is 475 g/mol. The Bertz CT molecular complexity index is 969. The number of rotatable bonds is 8. The van der Waals surface area contributed by atoms with E-state index >= 15 is 0 Å². The van der Waals surface area contributed by atoms with Gasteiger partial charge in [0.2, 0.25) is 5.88 Å². The standard InChI is InChI=1S/C24H27BrClNO2/c1-4-12-24(28,13-5-2)22(16-6-9-19(26)10-7-16)20-15-17-14-18(25)8-11-21(17)27-23(20)29-3/h6-11,14-15,22,28H,4-5,12-13H2,1-3H3. The maximum absolute atomic E-state index is 11.9. The zero-order valence-corrected chi connectivity index (χ0v) is 19.4. The van der Waals surface area contributed by atoms with Crippen molar-refractivity contribution < 1.29 is 9.84 Å². The molecule has 29 heavy (non-hydrogen) atoms. The van der Waals surface area contributed by atoms with Crippen molar-refractivity contribution in [1.29, 1.82) is 0 Å². The Balaban J connectivity index is 2.28. The van der Waals surface area contributed by atoms with Crippen molar-refractivity contribution in [2.24, 2.45) is 0 Å². The fourth-order valence-electron chi connectivity index (χ4n) is 4.23. The molecule has 0 aliphatic rings. The maximum Gasteiger partial charge on any atom is 0.217 e. The highest BCUT2D eigenvalue weighted by atomic mass is 79.9. The highest BCUT2D eigenvalue weighted by Gasteiger charge is 2.39. The van der Waals surface area contributed by atoms with Gasteiger partial charge in [-0.25, -0.2) is 4.98 Å². The predicted molar refractivity (Wildman–Crippen MR) is 124 cm³/mol. The van der Waals surface area contributed by atoms with E-state index in [-0.39, 0.29) is 5.92 Å². The molecule has 0 radical (unpaired) electrons. The number of nitrogens with zero attached hydrogens (tertiary/aromatic N) is 1. The summed E-state index contributed by atoms with van der Waals surface area (Å²) in [5, 5.41) is 13.5. The molecule has 1 unspecified atom stereocenters. The summed E-state index contributed by atoms with van der Waals surface area (Å²) in [4.78, 5) is 4.75. The number of halogens is 2. The lowest BCUT2D eigenvalue weighted by Gasteiger charge is -2.37. The quantitative estimate of drug-likeness (QED) is 0.376. The Hall–Kier alpha value is -1.62. The van der Waals surface area contributed by atoms with E-state index in [1.54, 1.807) is 7.11 Å². The molecule has 0 saturated carbocycles. The van der Waals surface area contributed by atoms with Crippen LogP contribution < -0.4 is 4.74 Å². The van der Waals surface area contributed by atoms with E-state index in [2.05, 4.69) is 35.8 Å². The topological polar surface area (TPSA) is 42.4 Å². The Morgan fingerprint density at radius 1 is 1.07 bits per heavy atom. The maximum atomic E-state index is 11.9. The molecule has 2 aromatic carbocycles. The van der Waals surface area contributed by atoms with Crippen molar-refractivity contribution in [3.8, 4) is 5.88 Å². The van der Waals surface area contributed by atoms with E-state index in [0.717, 1.165) is 39.3 Å². The van der Waals surface area contributed by atoms with Crippen LogP contribution in [0.3, 0.4) is 0 Å². The molecule has 1 N–H and O–H groups in total. The smallest absolute Gasteiger partial charge is 0.217 e. The van der Waals surface area contributed by atoms with Gasteiger partial charge in [-0.15, -0.1) is 0 Å². The third-order valence-electron chi connectivity index (χ3n) is 5.38. The van der Waals surface area contributed by atoms with Gasteiger partial charge in [-0.1, -0.05) is 66.4 Å². The van der Waals surface area contributed by atoms with Crippen LogP contribution in [0.25, 0.3) is 10.9 Å². The average molecular weight is 477 g/mol. The second kappa shape index (κ2) is 9.46. The molecule has 1 heterocycles. The SMILES string of the molecule is CCCC(O)(CCC)C(c1ccc(Cl)cc1)c1cc2cc(Br)ccc2nc1OC. The molecule has 154 valence electrons. The molecule has 0 spiro atoms. The minimum Gasteiger partial charge on any atom is -0.481 e. The van der Waals surface area contributed by atoms with Gasteiger partial charge in [0, 0.05) is 26.4 Å². The van der Waals surface area contributed by atoms with Crippen molar-refractivity contribution in [1.82, 2.24) is 4.98 Å². The number of hydrogen-bond donors (Lipinski definition) is 1. The minimum absolute atomic E-state index is 0.273. The Morgan fingerprint density at radius 3 is 2.31 bits per heavy atom. The third kappa shape index (κ3) is 4.76. The molecule has 0 aliphatic carbocycles. The number of pyridine rings is 1. The van der Waals surface area contributed by atoms with Gasteiger partial charge in [0.25, 0.3) is 0 Å². The van der Waals surface area contributed by atoms with Crippen LogP contribution in [0.1, 0.15) is 56.6 Å². The van der Waals surface area contributed by atoms with Gasteiger partial charge in [0.1, 0.15) is 0 Å². The summed E-state index contributed by atoms with van der Waals surface area (Å²) in [6.07, 6.45) is 3.15. The number of hydrogen-bond acceptors (Lipinski definition) is 3. The van der Waals surface area contributed by atoms with Crippen LogP contribution in [0.15, 0.2) is 53.0 Å². The highest BCUT2D eigenvalue weighted by Crippen LogP contribution is 2.44. The molecule has 0 fully saturated rings. The van der Waals surface area contributed by atoms with Gasteiger partial charge in [0.05, 0.1) is 18.2 Å². The molecular formula is C24H27BrClNO2. The molecule has 5 heteroatoms. The summed E-state index contributed by atoms with van der Waals surface area (Å²) in [5.41, 5.74) is 1.85. The van der Waals surface area contributed by atoms with Gasteiger partial charge in [-0.3, -0.25) is 0 Å². The molecule has 0 bridgehead atoms. The van der Waals surface area contributed by atoms with Gasteiger partial charge in [-0.2, -0.15) is 0 Å². The Kier molecular flexibility index (Phi) is 7.20. The molecular weight excluding hydrogens is 450 g/mol. The minimum atomic E-state index is -0.911. The van der Waals surface area contributed by atoms with Crippen molar-refractivity contribution in [3.63, 3.8) is 0 Å². The van der Waals surface area contributed by atoms with Crippen LogP contribution in [0.4, 0.5) is 0 Å². The second-order valence-corrected chi connectivity index (χ2v) is 8.86. The van der Waals surface area contributed by atoms with Crippen molar-refractivity contribution in [3.05, 3.63) is 69.2 Å². The summed E-state index contributed by atoms with van der Waals surface area (Å²) in [6.45, 7) is 4.21. The zero-order chi connectivity index (χ0) is 21.0. The summed E-state index contributed by atoms with van der Waals surface area (Å²) in [6, 6.07) is 15.8. The average Bonchev–Trinajstić information content (AvgIpc) is 2.69.